The van der Waals surface area contributed by atoms with Crippen LogP contribution in [0, 0.1) is 37.8 Å². The number of fused-ring (bicyclic) bond motifs is 5. The van der Waals surface area contributed by atoms with E-state index < -0.39 is 0 Å². The molecule has 4 aliphatic rings. The maximum absolute atomic E-state index is 3.65. The first-order chi connectivity index (χ1) is 23.9. The van der Waals surface area contributed by atoms with Crippen LogP contribution in [0.5, 0.6) is 0 Å². The van der Waals surface area contributed by atoms with Gasteiger partial charge in [0.25, 0.3) is 0 Å². The molecule has 0 nitrogen and oxygen atoms in total. The molecule has 0 saturated heterocycles. The summed E-state index contributed by atoms with van der Waals surface area (Å²) in [5.74, 6) is 1.20. The van der Waals surface area contributed by atoms with Gasteiger partial charge in [0.2, 0.25) is 0 Å². The summed E-state index contributed by atoms with van der Waals surface area (Å²) in [4.78, 5) is 0. The van der Waals surface area contributed by atoms with Gasteiger partial charge in [0.15, 0.2) is 0 Å². The van der Waals surface area contributed by atoms with E-state index in [9.17, 15) is 0 Å². The molecule has 0 bridgehead atoms. The average Bonchev–Trinajstić information content (AvgIpc) is 3.74. The third-order valence-corrected chi connectivity index (χ3v) is 12.5. The van der Waals surface area contributed by atoms with Crippen LogP contribution in [0.25, 0.3) is 22.3 Å². The minimum atomic E-state index is 0.0340. The first-order valence-corrected chi connectivity index (χ1v) is 19.9. The van der Waals surface area contributed by atoms with Crippen LogP contribution in [-0.4, -0.2) is 3.21 Å². The van der Waals surface area contributed by atoms with Gasteiger partial charge in [-0.15, -0.1) is 11.6 Å². The van der Waals surface area contributed by atoms with Crippen LogP contribution in [0.2, 0.25) is 0 Å². The van der Waals surface area contributed by atoms with Gasteiger partial charge in [-0.25, -0.2) is 11.1 Å². The molecule has 4 aromatic carbocycles. The van der Waals surface area contributed by atoms with E-state index in [1.807, 2.05) is 0 Å². The normalized spacial score (nSPS) is 18.2. The zero-order valence-corrected chi connectivity index (χ0v) is 35.4. The van der Waals surface area contributed by atoms with Crippen LogP contribution in [0.1, 0.15) is 125 Å². The molecule has 0 N–H and O–H groups in total. The zero-order chi connectivity index (χ0) is 37.0. The molecule has 0 radical (unpaired) electrons. The van der Waals surface area contributed by atoms with Crippen LogP contribution in [0.4, 0.5) is 0 Å². The summed E-state index contributed by atoms with van der Waals surface area (Å²) in [6.07, 6.45) is 12.8. The van der Waals surface area contributed by atoms with E-state index in [1.54, 1.807) is 0 Å². The van der Waals surface area contributed by atoms with Crippen LogP contribution in [0.3, 0.4) is 0 Å². The third-order valence-electron chi connectivity index (χ3n) is 11.0. The van der Waals surface area contributed by atoms with Crippen LogP contribution < -0.4 is 0 Å². The SMILES string of the molecule is CC1=[C-]C(C)(C)c2cc3c(cc21)-c1cc2c(cc1C3)C(C)(C)C=C2C.CC1=[C-]C(C)C=C1C(C)C.Cc1ccc([C](=[Zr+2])c2ccc(C)cc2)cc1. The summed E-state index contributed by atoms with van der Waals surface area (Å²) in [7, 11) is 0. The van der Waals surface area contributed by atoms with E-state index in [4.69, 9.17) is 0 Å². The van der Waals surface area contributed by atoms with Crippen LogP contribution in [-0.2, 0) is 41.5 Å². The molecule has 51 heavy (non-hydrogen) atoms. The molecule has 258 valence electrons. The first kappa shape index (κ1) is 37.4. The predicted octanol–water partition coefficient (Wildman–Crippen LogP) is 12.8. The van der Waals surface area contributed by atoms with Crippen molar-refractivity contribution in [1.82, 2.24) is 0 Å². The Bertz CT molecular complexity index is 2010. The van der Waals surface area contributed by atoms with Gasteiger partial charge in [0.1, 0.15) is 0 Å². The molecule has 0 spiro atoms. The molecular formula is C50H54Zr. The van der Waals surface area contributed by atoms with Crippen molar-refractivity contribution in [2.24, 2.45) is 11.8 Å². The van der Waals surface area contributed by atoms with E-state index in [1.165, 1.54) is 116 Å². The van der Waals surface area contributed by atoms with Crippen molar-refractivity contribution in [3.05, 3.63) is 164 Å². The maximum atomic E-state index is 3.65. The van der Waals surface area contributed by atoms with Crippen molar-refractivity contribution < 1.29 is 24.2 Å². The second kappa shape index (κ2) is 14.2. The van der Waals surface area contributed by atoms with Crippen LogP contribution in [0.15, 0.2) is 96.1 Å². The molecule has 1 heteroatoms. The molecular weight excluding hydrogens is 692 g/mol. The van der Waals surface area contributed by atoms with Crippen molar-refractivity contribution in [3.8, 4) is 11.1 Å². The quantitative estimate of drug-likeness (QED) is 0.161. The standard InChI is InChI=1S/C25H25.C15H14.C10H15.Zr/c1-14-12-24(3,4)22-8-16-7-17-9-23-19(15(2)13-25(23,5)6)11-21(17)20(16)10-18(14)22;1-12-3-7-14(8-4-12)11-15-9-5-13(2)6-10-15;1-7(2)10-6-8(3)5-9(10)4;/h8-12H,7H2,1-6H3;3-10H,1-2H3;6-8H,1-4H3;/q-1;;-1;+2. The number of aryl methyl sites for hydroxylation is 2. The molecule has 0 amide bonds. The fourth-order valence-corrected chi connectivity index (χ4v) is 9.19. The molecule has 1 unspecified atom stereocenters. The van der Waals surface area contributed by atoms with E-state index in [-0.39, 0.29) is 10.8 Å². The van der Waals surface area contributed by atoms with Crippen molar-refractivity contribution in [3.63, 3.8) is 0 Å². The summed E-state index contributed by atoms with van der Waals surface area (Å²) in [5.41, 5.74) is 22.7. The summed E-state index contributed by atoms with van der Waals surface area (Å²) in [5, 5.41) is 0. The van der Waals surface area contributed by atoms with Gasteiger partial charge in [0.05, 0.1) is 0 Å². The van der Waals surface area contributed by atoms with Gasteiger partial charge in [-0.2, -0.15) is 17.2 Å². The Kier molecular flexibility index (Phi) is 10.4. The average molecular weight is 746 g/mol. The zero-order valence-electron chi connectivity index (χ0n) is 32.9. The number of hydrogen-bond acceptors (Lipinski definition) is 0. The minimum absolute atomic E-state index is 0.0340. The van der Waals surface area contributed by atoms with E-state index in [0.717, 1.165) is 6.42 Å². The molecule has 4 aliphatic carbocycles. The fraction of sp³-hybridized carbons (Fsp3) is 0.340. The van der Waals surface area contributed by atoms with Gasteiger partial charge < -0.3 is 0 Å². The fourth-order valence-electron chi connectivity index (χ4n) is 8.37. The monoisotopic (exact) mass is 744 g/mol. The Morgan fingerprint density at radius 1 is 0.686 bits per heavy atom. The number of benzene rings is 4. The Morgan fingerprint density at radius 2 is 1.20 bits per heavy atom. The predicted molar refractivity (Wildman–Crippen MR) is 217 cm³/mol. The number of rotatable bonds is 3. The topological polar surface area (TPSA) is 0 Å². The van der Waals surface area contributed by atoms with E-state index >= 15 is 0 Å². The van der Waals surface area contributed by atoms with Crippen molar-refractivity contribution in [2.45, 2.75) is 100 Å². The molecule has 4 aromatic rings. The van der Waals surface area contributed by atoms with Gasteiger partial charge in [-0.05, 0) is 58.4 Å². The Hall–Kier alpha value is -3.41. The second-order valence-corrected chi connectivity index (χ2v) is 17.9. The van der Waals surface area contributed by atoms with Gasteiger partial charge >= 0.3 is 112 Å². The van der Waals surface area contributed by atoms with Crippen molar-refractivity contribution in [2.75, 3.05) is 0 Å². The van der Waals surface area contributed by atoms with Gasteiger partial charge in [0, 0.05) is 5.41 Å². The molecule has 0 fully saturated rings. The molecule has 0 aliphatic heterocycles. The summed E-state index contributed by atoms with van der Waals surface area (Å²) in [6, 6.07) is 27.3. The number of hydrogen-bond donors (Lipinski definition) is 0. The first-order valence-electron chi connectivity index (χ1n) is 18.7. The molecule has 8 rings (SSSR count). The Morgan fingerprint density at radius 3 is 1.67 bits per heavy atom. The summed E-state index contributed by atoms with van der Waals surface area (Å²) >= 11 is 1.46. The van der Waals surface area contributed by atoms with E-state index in [0.29, 0.717) is 11.8 Å². The third kappa shape index (κ3) is 7.58. The molecule has 0 saturated carbocycles. The van der Waals surface area contributed by atoms with Crippen LogP contribution >= 0.6 is 0 Å². The van der Waals surface area contributed by atoms with E-state index in [2.05, 4.69) is 180 Å². The molecule has 1 atom stereocenters. The van der Waals surface area contributed by atoms with Gasteiger partial charge in [-0.1, -0.05) is 97.8 Å². The van der Waals surface area contributed by atoms with Crippen molar-refractivity contribution >= 4 is 14.4 Å². The summed E-state index contributed by atoms with van der Waals surface area (Å²) < 4.78 is 1.42. The molecule has 0 heterocycles. The number of allylic oxidation sites excluding steroid dienone is 8. The Balaban J connectivity index is 0.000000148. The van der Waals surface area contributed by atoms with Crippen molar-refractivity contribution in [1.29, 1.82) is 0 Å². The second-order valence-electron chi connectivity index (χ2n) is 16.7. The summed E-state index contributed by atoms with van der Waals surface area (Å²) in [6.45, 7) is 26.7. The van der Waals surface area contributed by atoms with Gasteiger partial charge in [-0.3, -0.25) is 12.2 Å². The molecule has 0 aromatic heterocycles. The Labute approximate surface area is 323 Å².